The number of aromatic nitrogens is 1. The summed E-state index contributed by atoms with van der Waals surface area (Å²) in [5.41, 5.74) is -0.00224. The molecule has 0 spiro atoms. The van der Waals surface area contributed by atoms with Crippen LogP contribution < -0.4 is 15.4 Å². The molecule has 30 heavy (non-hydrogen) atoms. The first-order chi connectivity index (χ1) is 14.1. The average molecular weight is 420 g/mol. The largest absolute Gasteiger partial charge is 0.393 e. The Morgan fingerprint density at radius 3 is 2.53 bits per heavy atom. The number of aliphatic hydroxyl groups excluding tert-OH is 1. The predicted octanol–water partition coefficient (Wildman–Crippen LogP) is 1.44. The molecule has 9 heteroatoms. The molecule has 2 aliphatic heterocycles. The van der Waals surface area contributed by atoms with Crippen LogP contribution >= 0.6 is 0 Å². The molecule has 2 aliphatic rings. The molecule has 0 aliphatic carbocycles. The number of carbonyl (C=O) groups is 1. The number of pyridine rings is 1. The van der Waals surface area contributed by atoms with Crippen LogP contribution in [0.15, 0.2) is 16.9 Å². The minimum absolute atomic E-state index is 0.00954. The van der Waals surface area contributed by atoms with E-state index >= 15 is 0 Å². The molecular formula is C21H26F2N4O3. The van der Waals surface area contributed by atoms with Crippen molar-refractivity contribution in [2.75, 3.05) is 36.5 Å². The zero-order chi connectivity index (χ0) is 21.9. The zero-order valence-corrected chi connectivity index (χ0v) is 17.5. The van der Waals surface area contributed by atoms with Crippen LogP contribution in [-0.4, -0.2) is 65.4 Å². The number of hydrogen-bond acceptors (Lipinski definition) is 5. The number of benzene rings is 1. The molecule has 3 unspecified atom stereocenters. The number of anilines is 2. The van der Waals surface area contributed by atoms with E-state index in [0.717, 1.165) is 10.6 Å². The van der Waals surface area contributed by atoms with Crippen molar-refractivity contribution in [3.05, 3.63) is 34.1 Å². The zero-order valence-electron chi connectivity index (χ0n) is 17.5. The second kappa shape index (κ2) is 7.31. The van der Waals surface area contributed by atoms with Gasteiger partial charge in [-0.05, 0) is 33.4 Å². The van der Waals surface area contributed by atoms with E-state index in [1.54, 1.807) is 6.92 Å². The molecule has 0 radical (unpaired) electrons. The molecule has 4 rings (SSSR count). The van der Waals surface area contributed by atoms with E-state index in [1.807, 2.05) is 18.9 Å². The van der Waals surface area contributed by atoms with Crippen LogP contribution in [0.1, 0.15) is 20.3 Å². The summed E-state index contributed by atoms with van der Waals surface area (Å²) in [7, 11) is 3.34. The molecule has 0 saturated carbocycles. The van der Waals surface area contributed by atoms with Gasteiger partial charge >= 0.3 is 0 Å². The van der Waals surface area contributed by atoms with Crippen molar-refractivity contribution < 1.29 is 18.7 Å². The maximum atomic E-state index is 14.7. The Morgan fingerprint density at radius 2 is 1.87 bits per heavy atom. The highest BCUT2D eigenvalue weighted by molar-refractivity contribution is 6.12. The standard InChI is InChI=1S/C21H26F2N4O3/c1-11-9-27-16(10-24(11)3)20(29)26(6-5-12(2)28)19-18(27)14-7-13(22)8-15(23)17(14)25(4)21(19)30/h7-8,11-12,16,28H,5-6,9-10H2,1-4H3. The number of amides is 1. The van der Waals surface area contributed by atoms with Crippen molar-refractivity contribution in [3.63, 3.8) is 0 Å². The van der Waals surface area contributed by atoms with E-state index in [0.29, 0.717) is 18.8 Å². The third-order valence-electron chi connectivity index (χ3n) is 6.28. The maximum Gasteiger partial charge on any atom is 0.277 e. The van der Waals surface area contributed by atoms with Crippen LogP contribution in [0.25, 0.3) is 10.9 Å². The van der Waals surface area contributed by atoms with E-state index in [9.17, 15) is 23.5 Å². The van der Waals surface area contributed by atoms with Gasteiger partial charge in [-0.1, -0.05) is 0 Å². The second-order valence-corrected chi connectivity index (χ2v) is 8.43. The predicted molar refractivity (Wildman–Crippen MR) is 111 cm³/mol. The van der Waals surface area contributed by atoms with E-state index in [4.69, 9.17) is 0 Å². The number of halogens is 2. The van der Waals surface area contributed by atoms with E-state index < -0.39 is 29.3 Å². The summed E-state index contributed by atoms with van der Waals surface area (Å²) < 4.78 is 30.1. The van der Waals surface area contributed by atoms with E-state index in [1.165, 1.54) is 18.0 Å². The molecule has 1 saturated heterocycles. The van der Waals surface area contributed by atoms with Crippen LogP contribution in [0.4, 0.5) is 20.2 Å². The molecule has 1 N–H and O–H groups in total. The molecule has 162 valence electrons. The molecule has 3 heterocycles. The summed E-state index contributed by atoms with van der Waals surface area (Å²) in [5, 5.41) is 10.0. The summed E-state index contributed by atoms with van der Waals surface area (Å²) in [6.07, 6.45) is -0.379. The first-order valence-electron chi connectivity index (χ1n) is 10.1. The highest BCUT2D eigenvalue weighted by Gasteiger charge is 2.45. The first kappa shape index (κ1) is 20.7. The fourth-order valence-electron chi connectivity index (χ4n) is 4.50. The quantitative estimate of drug-likeness (QED) is 0.814. The van der Waals surface area contributed by atoms with Crippen molar-refractivity contribution in [2.24, 2.45) is 7.05 Å². The summed E-state index contributed by atoms with van der Waals surface area (Å²) in [4.78, 5) is 32.0. The molecule has 3 atom stereocenters. The SMILES string of the molecule is CC(O)CCN1C(=O)C2CN(C)C(C)CN2c2c1c(=O)n(C)c1c(F)cc(F)cc21. The van der Waals surface area contributed by atoms with Crippen LogP contribution in [0.5, 0.6) is 0 Å². The number of fused-ring (bicyclic) bond motifs is 5. The van der Waals surface area contributed by atoms with Crippen molar-refractivity contribution in [2.45, 2.75) is 38.5 Å². The summed E-state index contributed by atoms with van der Waals surface area (Å²) in [6.45, 7) is 4.64. The third-order valence-corrected chi connectivity index (χ3v) is 6.28. The number of rotatable bonds is 3. The van der Waals surface area contributed by atoms with Gasteiger partial charge in [0.1, 0.15) is 17.5 Å². The minimum atomic E-state index is -0.821. The van der Waals surface area contributed by atoms with Gasteiger partial charge in [-0.15, -0.1) is 0 Å². The lowest BCUT2D eigenvalue weighted by Crippen LogP contribution is -2.65. The Morgan fingerprint density at radius 1 is 1.17 bits per heavy atom. The molecule has 1 aromatic carbocycles. The number of aliphatic hydroxyl groups is 1. The van der Waals surface area contributed by atoms with Gasteiger partial charge in [0, 0.05) is 44.2 Å². The topological polar surface area (TPSA) is 69.0 Å². The van der Waals surface area contributed by atoms with Crippen LogP contribution in [0.2, 0.25) is 0 Å². The minimum Gasteiger partial charge on any atom is -0.393 e. The molecule has 1 aromatic heterocycles. The highest BCUT2D eigenvalue weighted by Crippen LogP contribution is 2.41. The van der Waals surface area contributed by atoms with E-state index in [2.05, 4.69) is 4.90 Å². The number of likely N-dealkylation sites (N-methyl/N-ethyl adjacent to an activating group) is 1. The lowest BCUT2D eigenvalue weighted by atomic mass is 9.98. The first-order valence-corrected chi connectivity index (χ1v) is 10.1. The maximum absolute atomic E-state index is 14.7. The smallest absolute Gasteiger partial charge is 0.277 e. The highest BCUT2D eigenvalue weighted by atomic mass is 19.1. The van der Waals surface area contributed by atoms with Gasteiger partial charge in [0.25, 0.3) is 11.5 Å². The Labute approximate surface area is 173 Å². The molecule has 1 amide bonds. The third kappa shape index (κ3) is 3.07. The van der Waals surface area contributed by atoms with Crippen molar-refractivity contribution >= 4 is 28.2 Å². The summed E-state index contributed by atoms with van der Waals surface area (Å²) in [5.74, 6) is -1.80. The number of aryl methyl sites for hydroxylation is 1. The molecule has 2 aromatic rings. The number of hydrogen-bond donors (Lipinski definition) is 1. The van der Waals surface area contributed by atoms with Crippen LogP contribution in [0.3, 0.4) is 0 Å². The fraction of sp³-hybridized carbons (Fsp3) is 0.524. The number of nitrogens with zero attached hydrogens (tertiary/aromatic N) is 4. The van der Waals surface area contributed by atoms with Crippen LogP contribution in [0, 0.1) is 11.6 Å². The Bertz CT molecular complexity index is 1080. The normalized spacial score (nSPS) is 23.0. The van der Waals surface area contributed by atoms with Gasteiger partial charge in [0.2, 0.25) is 0 Å². The lowest BCUT2D eigenvalue weighted by Gasteiger charge is -2.49. The van der Waals surface area contributed by atoms with Gasteiger partial charge in [-0.25, -0.2) is 8.78 Å². The Balaban J connectivity index is 2.05. The van der Waals surface area contributed by atoms with Gasteiger partial charge in [-0.2, -0.15) is 0 Å². The molecule has 1 fully saturated rings. The summed E-state index contributed by atoms with van der Waals surface area (Å²) in [6, 6.07) is 1.49. The Kier molecular flexibility index (Phi) is 5.06. The lowest BCUT2D eigenvalue weighted by molar-refractivity contribution is -0.121. The van der Waals surface area contributed by atoms with Crippen LogP contribution in [-0.2, 0) is 11.8 Å². The van der Waals surface area contributed by atoms with Gasteiger partial charge in [0.15, 0.2) is 5.82 Å². The van der Waals surface area contributed by atoms with Crippen molar-refractivity contribution in [1.29, 1.82) is 0 Å². The molecule has 7 nitrogen and oxygen atoms in total. The summed E-state index contributed by atoms with van der Waals surface area (Å²) >= 11 is 0. The second-order valence-electron chi connectivity index (χ2n) is 8.43. The molecular weight excluding hydrogens is 394 g/mol. The van der Waals surface area contributed by atoms with E-state index in [-0.39, 0.29) is 41.5 Å². The van der Waals surface area contributed by atoms with Gasteiger partial charge in [0.05, 0.1) is 17.3 Å². The van der Waals surface area contributed by atoms with Gasteiger partial charge in [-0.3, -0.25) is 14.5 Å². The number of piperazine rings is 1. The van der Waals surface area contributed by atoms with Gasteiger partial charge < -0.3 is 19.5 Å². The monoisotopic (exact) mass is 420 g/mol. The fourth-order valence-corrected chi connectivity index (χ4v) is 4.50. The van der Waals surface area contributed by atoms with Crippen molar-refractivity contribution in [1.82, 2.24) is 9.47 Å². The van der Waals surface area contributed by atoms with Crippen molar-refractivity contribution in [3.8, 4) is 0 Å². The Hall–Kier alpha value is -2.52. The number of carbonyl (C=O) groups excluding carboxylic acids is 1. The average Bonchev–Trinajstić information content (AvgIpc) is 2.66. The molecule has 0 bridgehead atoms.